The number of urea groups is 1. The van der Waals surface area contributed by atoms with Crippen molar-refractivity contribution in [1.29, 1.82) is 0 Å². The summed E-state index contributed by atoms with van der Waals surface area (Å²) in [6, 6.07) is 26.0. The number of hydrazine groups is 1. The smallest absolute Gasteiger partial charge is 0.332 e. The van der Waals surface area contributed by atoms with Crippen molar-refractivity contribution in [2.75, 3.05) is 26.7 Å². The normalized spacial score (nSPS) is 17.7. The number of carbonyl (C=O) groups excluding carboxylic acids is 3. The molecule has 2 aliphatic rings. The molecule has 2 heterocycles. The van der Waals surface area contributed by atoms with Gasteiger partial charge in [0, 0.05) is 31.6 Å². The molecule has 2 saturated heterocycles. The predicted molar refractivity (Wildman–Crippen MR) is 179 cm³/mol. The van der Waals surface area contributed by atoms with Crippen molar-refractivity contribution in [3.63, 3.8) is 0 Å². The fourth-order valence-electron chi connectivity index (χ4n) is 6.44. The van der Waals surface area contributed by atoms with Gasteiger partial charge in [-0.25, -0.2) is 4.79 Å². The maximum absolute atomic E-state index is 14.3. The lowest BCUT2D eigenvalue weighted by atomic mass is 9.98. The van der Waals surface area contributed by atoms with Crippen molar-refractivity contribution < 1.29 is 24.0 Å². The second-order valence-corrected chi connectivity index (χ2v) is 11.8. The number of non-ortho nitro benzene ring substituents is 1. The van der Waals surface area contributed by atoms with Crippen LogP contribution >= 0.6 is 0 Å². The fourth-order valence-corrected chi connectivity index (χ4v) is 6.44. The second kappa shape index (κ2) is 13.9. The van der Waals surface area contributed by atoms with E-state index in [4.69, 9.17) is 4.74 Å². The molecule has 4 aromatic carbocycles. The number of carbonyl (C=O) groups is 3. The summed E-state index contributed by atoms with van der Waals surface area (Å²) in [5.74, 6) is 0.186. The number of nitro groups is 1. The molecule has 0 aromatic heterocycles. The number of ether oxygens (including phenoxy) is 1. The molecule has 0 bridgehead atoms. The molecule has 2 atom stereocenters. The Labute approximate surface area is 277 Å². The number of fused-ring (bicyclic) bond motifs is 2. The van der Waals surface area contributed by atoms with E-state index in [1.54, 1.807) is 40.1 Å². The van der Waals surface area contributed by atoms with Crippen molar-refractivity contribution >= 4 is 34.3 Å². The van der Waals surface area contributed by atoms with E-state index in [0.29, 0.717) is 17.9 Å². The SMILES string of the molecule is C=CCN(C(=O)NCc1ccc(OC)cc1)N1CC(=O)N2[C@@H](Cc3ccc([N+](=O)[O-])cc3)C(=O)N(Cc3cccc4ccccc34)C[C@@H]21. The maximum Gasteiger partial charge on any atom is 0.332 e. The van der Waals surface area contributed by atoms with Crippen LogP contribution < -0.4 is 10.1 Å². The average molecular weight is 649 g/mol. The first-order valence-corrected chi connectivity index (χ1v) is 15.6. The van der Waals surface area contributed by atoms with Crippen LogP contribution in [-0.2, 0) is 29.1 Å². The van der Waals surface area contributed by atoms with Crippen molar-refractivity contribution in [1.82, 2.24) is 25.1 Å². The van der Waals surface area contributed by atoms with E-state index < -0.39 is 23.2 Å². The third kappa shape index (κ3) is 6.56. The first-order valence-electron chi connectivity index (χ1n) is 15.6. The first-order chi connectivity index (χ1) is 23.3. The topological polar surface area (TPSA) is 129 Å². The molecule has 0 radical (unpaired) electrons. The molecule has 48 heavy (non-hydrogen) atoms. The molecule has 6 rings (SSSR count). The molecular weight excluding hydrogens is 612 g/mol. The predicted octanol–water partition coefficient (Wildman–Crippen LogP) is 4.49. The molecule has 4 aromatic rings. The standard InChI is InChI=1S/C36H36N6O6/c1-3-19-39(36(45)37-21-26-13-17-30(48-2)18-14-26)40-24-34(43)41-32(20-25-11-15-29(16-12-25)42(46)47)35(44)38(23-33(40)41)22-28-9-6-8-27-7-4-5-10-31(27)28/h3-18,32-33H,1,19-24H2,2H3,(H,37,45)/t32-,33+/m0/s1. The second-order valence-electron chi connectivity index (χ2n) is 11.8. The van der Waals surface area contributed by atoms with Crippen molar-refractivity contribution in [2.24, 2.45) is 0 Å². The van der Waals surface area contributed by atoms with Gasteiger partial charge in [-0.15, -0.1) is 6.58 Å². The molecule has 0 aliphatic carbocycles. The van der Waals surface area contributed by atoms with E-state index in [1.165, 1.54) is 17.1 Å². The molecule has 1 N–H and O–H groups in total. The Morgan fingerprint density at radius 2 is 1.73 bits per heavy atom. The lowest BCUT2D eigenvalue weighted by Gasteiger charge is -2.46. The number of piperazine rings is 1. The monoisotopic (exact) mass is 648 g/mol. The van der Waals surface area contributed by atoms with Gasteiger partial charge in [0.15, 0.2) is 0 Å². The summed E-state index contributed by atoms with van der Waals surface area (Å²) in [4.78, 5) is 55.8. The number of hydrogen-bond donors (Lipinski definition) is 1. The van der Waals surface area contributed by atoms with Crippen LogP contribution in [0.2, 0.25) is 0 Å². The molecule has 2 fully saturated rings. The summed E-state index contributed by atoms with van der Waals surface area (Å²) in [6.07, 6.45) is 1.11. The molecule has 4 amide bonds. The van der Waals surface area contributed by atoms with Crippen LogP contribution in [0.15, 0.2) is 104 Å². The van der Waals surface area contributed by atoms with Gasteiger partial charge in [0.1, 0.15) is 18.0 Å². The number of nitrogens with one attached hydrogen (secondary N) is 1. The molecule has 0 saturated carbocycles. The molecule has 12 heteroatoms. The van der Waals surface area contributed by atoms with Crippen molar-refractivity contribution in [3.8, 4) is 5.75 Å². The van der Waals surface area contributed by atoms with Gasteiger partial charge in [0.2, 0.25) is 11.8 Å². The van der Waals surface area contributed by atoms with Crippen molar-refractivity contribution in [3.05, 3.63) is 130 Å². The minimum Gasteiger partial charge on any atom is -0.497 e. The van der Waals surface area contributed by atoms with E-state index in [2.05, 4.69) is 11.9 Å². The maximum atomic E-state index is 14.3. The Bertz CT molecular complexity index is 1840. The largest absolute Gasteiger partial charge is 0.497 e. The Hall–Kier alpha value is -5.75. The number of amides is 4. The van der Waals surface area contributed by atoms with Gasteiger partial charge in [-0.2, -0.15) is 5.01 Å². The summed E-state index contributed by atoms with van der Waals surface area (Å²) in [6.45, 7) is 4.59. The summed E-state index contributed by atoms with van der Waals surface area (Å²) in [5, 5.41) is 19.4. The van der Waals surface area contributed by atoms with E-state index in [-0.39, 0.29) is 50.1 Å². The zero-order valence-electron chi connectivity index (χ0n) is 26.5. The Balaban J connectivity index is 1.30. The number of nitrogens with zero attached hydrogens (tertiary/aromatic N) is 5. The lowest BCUT2D eigenvalue weighted by molar-refractivity contribution is -0.384. The first kappa shape index (κ1) is 32.2. The van der Waals surface area contributed by atoms with E-state index in [0.717, 1.165) is 21.9 Å². The highest BCUT2D eigenvalue weighted by Gasteiger charge is 2.52. The van der Waals surface area contributed by atoms with E-state index in [9.17, 15) is 24.5 Å². The highest BCUT2D eigenvalue weighted by molar-refractivity contribution is 5.92. The highest BCUT2D eigenvalue weighted by Crippen LogP contribution is 2.31. The van der Waals surface area contributed by atoms with Crippen LogP contribution in [0.5, 0.6) is 5.75 Å². The van der Waals surface area contributed by atoms with Crippen LogP contribution in [0.4, 0.5) is 10.5 Å². The number of hydrogen-bond acceptors (Lipinski definition) is 7. The molecule has 246 valence electrons. The van der Waals surface area contributed by atoms with Gasteiger partial charge in [0.05, 0.1) is 31.7 Å². The summed E-state index contributed by atoms with van der Waals surface area (Å²) >= 11 is 0. The van der Waals surface area contributed by atoms with Crippen LogP contribution in [0, 0.1) is 10.1 Å². The number of methoxy groups -OCH3 is 1. The Kier molecular flexibility index (Phi) is 9.35. The van der Waals surface area contributed by atoms with Crippen LogP contribution in [0.25, 0.3) is 10.8 Å². The fraction of sp³-hybridized carbons (Fsp3) is 0.250. The van der Waals surface area contributed by atoms with Gasteiger partial charge in [-0.1, -0.05) is 72.8 Å². The highest BCUT2D eigenvalue weighted by atomic mass is 16.6. The van der Waals surface area contributed by atoms with Gasteiger partial charge in [-0.3, -0.25) is 24.7 Å². The van der Waals surface area contributed by atoms with Gasteiger partial charge in [0.25, 0.3) is 5.69 Å². The number of nitro benzene ring substituents is 1. The van der Waals surface area contributed by atoms with Gasteiger partial charge >= 0.3 is 6.03 Å². The van der Waals surface area contributed by atoms with Crippen LogP contribution in [-0.4, -0.2) is 81.5 Å². The Morgan fingerprint density at radius 3 is 2.44 bits per heavy atom. The minimum absolute atomic E-state index is 0.0617. The average Bonchev–Trinajstić information content (AvgIpc) is 3.43. The Morgan fingerprint density at radius 1 is 1.02 bits per heavy atom. The molecule has 12 nitrogen and oxygen atoms in total. The van der Waals surface area contributed by atoms with E-state index in [1.807, 2.05) is 66.7 Å². The van der Waals surface area contributed by atoms with Gasteiger partial charge in [-0.05, 0) is 39.6 Å². The summed E-state index contributed by atoms with van der Waals surface area (Å²) < 4.78 is 5.22. The van der Waals surface area contributed by atoms with Crippen LogP contribution in [0.1, 0.15) is 16.7 Å². The van der Waals surface area contributed by atoms with Gasteiger partial charge < -0.3 is 19.9 Å². The third-order valence-corrected chi connectivity index (χ3v) is 8.83. The molecule has 0 unspecified atom stereocenters. The third-order valence-electron chi connectivity index (χ3n) is 8.83. The zero-order valence-corrected chi connectivity index (χ0v) is 26.5. The quantitative estimate of drug-likeness (QED) is 0.144. The number of benzene rings is 4. The lowest BCUT2D eigenvalue weighted by Crippen LogP contribution is -2.66. The number of rotatable bonds is 11. The van der Waals surface area contributed by atoms with Crippen LogP contribution in [0.3, 0.4) is 0 Å². The van der Waals surface area contributed by atoms with E-state index >= 15 is 0 Å². The summed E-state index contributed by atoms with van der Waals surface area (Å²) in [5.41, 5.74) is 2.44. The molecular formula is C36H36N6O6. The molecule has 2 aliphatic heterocycles. The van der Waals surface area contributed by atoms with Crippen molar-refractivity contribution in [2.45, 2.75) is 31.7 Å². The zero-order chi connectivity index (χ0) is 33.8. The summed E-state index contributed by atoms with van der Waals surface area (Å²) in [7, 11) is 1.59. The minimum atomic E-state index is -0.884. The molecule has 0 spiro atoms.